The highest BCUT2D eigenvalue weighted by Crippen LogP contribution is 2.20. The van der Waals surface area contributed by atoms with Crippen LogP contribution in [0.15, 0.2) is 18.2 Å². The van der Waals surface area contributed by atoms with Crippen molar-refractivity contribution in [1.29, 1.82) is 0 Å². The van der Waals surface area contributed by atoms with Gasteiger partial charge in [0.1, 0.15) is 0 Å². The fourth-order valence-electron chi connectivity index (χ4n) is 1.90. The van der Waals surface area contributed by atoms with Gasteiger partial charge in [0.15, 0.2) is 0 Å². The van der Waals surface area contributed by atoms with Gasteiger partial charge in [0.2, 0.25) is 5.91 Å². The highest BCUT2D eigenvalue weighted by atomic mass is 35.5. The minimum atomic E-state index is -0.0247. The van der Waals surface area contributed by atoms with Gasteiger partial charge in [-0.1, -0.05) is 17.7 Å². The number of ether oxygens (including phenoxy) is 1. The lowest BCUT2D eigenvalue weighted by Crippen LogP contribution is -2.43. The van der Waals surface area contributed by atoms with E-state index in [2.05, 4.69) is 10.6 Å². The number of rotatable bonds is 3. The summed E-state index contributed by atoms with van der Waals surface area (Å²) >= 11 is 5.91. The lowest BCUT2D eigenvalue weighted by atomic mass is 10.1. The Balaban J connectivity index is 1.92. The van der Waals surface area contributed by atoms with Gasteiger partial charge >= 0.3 is 0 Å². The molecule has 1 aromatic rings. The Morgan fingerprint density at radius 1 is 1.61 bits per heavy atom. The number of benzene rings is 1. The first-order chi connectivity index (χ1) is 8.65. The molecule has 1 fully saturated rings. The Hall–Kier alpha value is -1.10. The molecule has 1 unspecified atom stereocenters. The van der Waals surface area contributed by atoms with Crippen molar-refractivity contribution in [3.05, 3.63) is 28.8 Å². The van der Waals surface area contributed by atoms with Crippen molar-refractivity contribution in [1.82, 2.24) is 5.32 Å². The SMILES string of the molecule is Cc1ccc(Cl)cc1NC(=O)CC1COCCN1. The summed E-state index contributed by atoms with van der Waals surface area (Å²) in [6, 6.07) is 5.56. The van der Waals surface area contributed by atoms with Crippen LogP contribution < -0.4 is 10.6 Å². The van der Waals surface area contributed by atoms with Gasteiger partial charge in [-0.2, -0.15) is 0 Å². The van der Waals surface area contributed by atoms with Crippen molar-refractivity contribution >= 4 is 23.2 Å². The summed E-state index contributed by atoms with van der Waals surface area (Å²) in [5.41, 5.74) is 1.77. The van der Waals surface area contributed by atoms with Crippen molar-refractivity contribution in [3.63, 3.8) is 0 Å². The number of carbonyl (C=O) groups excluding carboxylic acids is 1. The van der Waals surface area contributed by atoms with Crippen molar-refractivity contribution < 1.29 is 9.53 Å². The van der Waals surface area contributed by atoms with E-state index in [1.807, 2.05) is 19.1 Å². The molecule has 0 aliphatic carbocycles. The smallest absolute Gasteiger partial charge is 0.226 e. The number of hydrogen-bond acceptors (Lipinski definition) is 3. The lowest BCUT2D eigenvalue weighted by Gasteiger charge is -2.23. The molecule has 0 bridgehead atoms. The predicted octanol–water partition coefficient (Wildman–Crippen LogP) is 1.97. The van der Waals surface area contributed by atoms with Gasteiger partial charge in [0.05, 0.1) is 13.2 Å². The van der Waals surface area contributed by atoms with Crippen LogP contribution in [0.3, 0.4) is 0 Å². The largest absolute Gasteiger partial charge is 0.378 e. The maximum absolute atomic E-state index is 11.9. The zero-order chi connectivity index (χ0) is 13.0. The molecule has 1 saturated heterocycles. The van der Waals surface area contributed by atoms with Gasteiger partial charge in [0.25, 0.3) is 0 Å². The molecule has 1 amide bonds. The molecular weight excluding hydrogens is 252 g/mol. The topological polar surface area (TPSA) is 50.4 Å². The highest BCUT2D eigenvalue weighted by molar-refractivity contribution is 6.31. The second-order valence-corrected chi connectivity index (χ2v) is 4.87. The molecular formula is C13H17ClN2O2. The summed E-state index contributed by atoms with van der Waals surface area (Å²) in [6.45, 7) is 4.04. The second kappa shape index (κ2) is 6.18. The molecule has 0 aromatic heterocycles. The van der Waals surface area contributed by atoms with Gasteiger partial charge < -0.3 is 15.4 Å². The monoisotopic (exact) mass is 268 g/mol. The standard InChI is InChI=1S/C13H17ClN2O2/c1-9-2-3-10(14)6-12(9)16-13(17)7-11-8-18-5-4-15-11/h2-3,6,11,15H,4-5,7-8H2,1H3,(H,16,17). The first-order valence-electron chi connectivity index (χ1n) is 6.02. The number of hydrogen-bond donors (Lipinski definition) is 2. The molecule has 5 heteroatoms. The van der Waals surface area contributed by atoms with Crippen LogP contribution in [0.1, 0.15) is 12.0 Å². The summed E-state index contributed by atoms with van der Waals surface area (Å²) in [5, 5.41) is 6.75. The summed E-state index contributed by atoms with van der Waals surface area (Å²) < 4.78 is 5.31. The summed E-state index contributed by atoms with van der Waals surface area (Å²) in [4.78, 5) is 11.9. The average molecular weight is 269 g/mol. The van der Waals surface area contributed by atoms with Crippen molar-refractivity contribution in [2.75, 3.05) is 25.1 Å². The van der Waals surface area contributed by atoms with Crippen LogP contribution >= 0.6 is 11.6 Å². The van der Waals surface area contributed by atoms with Crippen LogP contribution in [-0.2, 0) is 9.53 Å². The number of nitrogens with one attached hydrogen (secondary N) is 2. The van der Waals surface area contributed by atoms with E-state index in [0.29, 0.717) is 24.7 Å². The van der Waals surface area contributed by atoms with E-state index < -0.39 is 0 Å². The van der Waals surface area contributed by atoms with Crippen LogP contribution in [0.5, 0.6) is 0 Å². The maximum Gasteiger partial charge on any atom is 0.226 e. The van der Waals surface area contributed by atoms with E-state index in [9.17, 15) is 4.79 Å². The Morgan fingerprint density at radius 3 is 3.17 bits per heavy atom. The zero-order valence-electron chi connectivity index (χ0n) is 10.3. The maximum atomic E-state index is 11.9. The molecule has 0 radical (unpaired) electrons. The molecule has 0 saturated carbocycles. The normalized spacial score (nSPS) is 19.6. The van der Waals surface area contributed by atoms with Crippen LogP contribution in [0.4, 0.5) is 5.69 Å². The average Bonchev–Trinajstić information content (AvgIpc) is 2.35. The van der Waals surface area contributed by atoms with Crippen LogP contribution in [-0.4, -0.2) is 31.7 Å². The van der Waals surface area contributed by atoms with Gasteiger partial charge in [-0.3, -0.25) is 4.79 Å². The number of carbonyl (C=O) groups is 1. The third kappa shape index (κ3) is 3.70. The summed E-state index contributed by atoms with van der Waals surface area (Å²) in [6.07, 6.45) is 0.409. The van der Waals surface area contributed by atoms with E-state index in [1.165, 1.54) is 0 Å². The van der Waals surface area contributed by atoms with Gasteiger partial charge in [-0.05, 0) is 24.6 Å². The van der Waals surface area contributed by atoms with Gasteiger partial charge in [-0.25, -0.2) is 0 Å². The zero-order valence-corrected chi connectivity index (χ0v) is 11.1. The fourth-order valence-corrected chi connectivity index (χ4v) is 2.08. The molecule has 1 atom stereocenters. The van der Waals surface area contributed by atoms with Gasteiger partial charge in [0, 0.05) is 29.7 Å². The van der Waals surface area contributed by atoms with Crippen LogP contribution in [0, 0.1) is 6.92 Å². The molecule has 2 N–H and O–H groups in total. The van der Waals surface area contributed by atoms with Crippen LogP contribution in [0.2, 0.25) is 5.02 Å². The Labute approximate surface area is 112 Å². The number of anilines is 1. The van der Waals surface area contributed by atoms with Crippen LogP contribution in [0.25, 0.3) is 0 Å². The molecule has 1 aliphatic rings. The van der Waals surface area contributed by atoms with E-state index >= 15 is 0 Å². The molecule has 2 rings (SSSR count). The highest BCUT2D eigenvalue weighted by Gasteiger charge is 2.17. The van der Waals surface area contributed by atoms with Crippen molar-refractivity contribution in [3.8, 4) is 0 Å². The number of amides is 1. The summed E-state index contributed by atoms with van der Waals surface area (Å²) in [5.74, 6) is -0.0247. The predicted molar refractivity (Wildman–Crippen MR) is 72.0 cm³/mol. The Kier molecular flexibility index (Phi) is 4.58. The Morgan fingerprint density at radius 2 is 2.44 bits per heavy atom. The fraction of sp³-hybridized carbons (Fsp3) is 0.462. The Bertz CT molecular complexity index is 431. The number of halogens is 1. The molecule has 98 valence electrons. The van der Waals surface area contributed by atoms with Gasteiger partial charge in [-0.15, -0.1) is 0 Å². The molecule has 1 heterocycles. The van der Waals surface area contributed by atoms with Crippen molar-refractivity contribution in [2.24, 2.45) is 0 Å². The second-order valence-electron chi connectivity index (χ2n) is 4.44. The third-order valence-corrected chi connectivity index (χ3v) is 3.14. The third-order valence-electron chi connectivity index (χ3n) is 2.90. The first-order valence-corrected chi connectivity index (χ1v) is 6.40. The number of morpholine rings is 1. The summed E-state index contributed by atoms with van der Waals surface area (Å²) in [7, 11) is 0. The minimum absolute atomic E-state index is 0.0247. The van der Waals surface area contributed by atoms with E-state index in [-0.39, 0.29) is 11.9 Å². The quantitative estimate of drug-likeness (QED) is 0.881. The molecule has 1 aliphatic heterocycles. The lowest BCUT2D eigenvalue weighted by molar-refractivity contribution is -0.117. The molecule has 4 nitrogen and oxygen atoms in total. The molecule has 1 aromatic carbocycles. The van der Waals surface area contributed by atoms with Crippen molar-refractivity contribution in [2.45, 2.75) is 19.4 Å². The molecule has 18 heavy (non-hydrogen) atoms. The van der Waals surface area contributed by atoms with E-state index in [1.54, 1.807) is 6.07 Å². The molecule has 0 spiro atoms. The first kappa shape index (κ1) is 13.3. The van der Waals surface area contributed by atoms with E-state index in [4.69, 9.17) is 16.3 Å². The number of aryl methyl sites for hydroxylation is 1. The minimum Gasteiger partial charge on any atom is -0.378 e. The van der Waals surface area contributed by atoms with E-state index in [0.717, 1.165) is 17.8 Å².